The molecule has 0 aromatic carbocycles. The van der Waals surface area contributed by atoms with Crippen molar-refractivity contribution in [1.29, 1.82) is 0 Å². The van der Waals surface area contributed by atoms with Crippen LogP contribution in [0.15, 0.2) is 24.3 Å². The molecule has 0 aliphatic heterocycles. The first kappa shape index (κ1) is 24.3. The van der Waals surface area contributed by atoms with E-state index >= 15 is 0 Å². The molecule has 0 saturated heterocycles. The fourth-order valence-electron chi connectivity index (χ4n) is 0.321. The number of nitrogens with zero attached hydrogens (tertiary/aromatic N) is 3. The van der Waals surface area contributed by atoms with Gasteiger partial charge in [-0.1, -0.05) is 24.3 Å². The van der Waals surface area contributed by atoms with Crippen LogP contribution in [-0.4, -0.2) is 42.3 Å². The molecule has 0 N–H and O–H groups in total. The quantitative estimate of drug-likeness (QED) is 0.588. The smallest absolute Gasteiger partial charge is 0.668 e. The van der Waals surface area contributed by atoms with Crippen LogP contribution in [-0.2, 0) is 21.7 Å². The molecular weight excluding hydrogens is 222 g/mol. The summed E-state index contributed by atoms with van der Waals surface area (Å²) in [6.07, 6.45) is 10.0. The van der Waals surface area contributed by atoms with Crippen molar-refractivity contribution in [2.24, 2.45) is 0 Å². The van der Waals surface area contributed by atoms with Crippen LogP contribution in [0.1, 0.15) is 0 Å². The average Bonchev–Trinajstić information content (AvgIpc) is 2.63. The maximum atomic E-state index is 3.50. The van der Waals surface area contributed by atoms with E-state index in [-0.39, 0.29) is 21.7 Å². The van der Waals surface area contributed by atoms with E-state index in [2.05, 4.69) is 16.0 Å². The fraction of sp³-hybridized carbons (Fsp3) is 0.545. The summed E-state index contributed by atoms with van der Waals surface area (Å²) in [6, 6.07) is 0. The van der Waals surface area contributed by atoms with Crippen LogP contribution in [0.2, 0.25) is 0 Å². The molecule has 0 fully saturated rings. The Kier molecular flexibility index (Phi) is 59.9. The Labute approximate surface area is 111 Å². The molecule has 0 amide bonds. The summed E-state index contributed by atoms with van der Waals surface area (Å²) in [5, 5.41) is 10.5. The van der Waals surface area contributed by atoms with Gasteiger partial charge in [-0.3, -0.25) is 0 Å². The monoisotopic (exact) mass is 245 g/mol. The minimum atomic E-state index is 0. The van der Waals surface area contributed by atoms with Crippen molar-refractivity contribution < 1.29 is 21.7 Å². The van der Waals surface area contributed by atoms with Gasteiger partial charge in [0.2, 0.25) is 0 Å². The van der Waals surface area contributed by atoms with Crippen molar-refractivity contribution in [2.75, 3.05) is 42.3 Å². The Morgan fingerprint density at radius 3 is 0.800 bits per heavy atom. The predicted molar refractivity (Wildman–Crippen MR) is 68.2 cm³/mol. The molecule has 0 aromatic rings. The maximum Gasteiger partial charge on any atom is 3.00 e. The van der Waals surface area contributed by atoms with Gasteiger partial charge in [0.15, 0.2) is 0 Å². The molecule has 1 aliphatic rings. The normalized spacial score (nSPS) is 9.47. The molecule has 86 valence electrons. The summed E-state index contributed by atoms with van der Waals surface area (Å²) in [5.74, 6) is 0. The van der Waals surface area contributed by atoms with E-state index in [1.807, 2.05) is 30.7 Å². The summed E-state index contributed by atoms with van der Waals surface area (Å²) < 4.78 is 0. The van der Waals surface area contributed by atoms with Crippen molar-refractivity contribution in [3.05, 3.63) is 46.7 Å². The molecule has 0 spiro atoms. The minimum Gasteiger partial charge on any atom is -0.668 e. The molecule has 3 nitrogen and oxygen atoms in total. The van der Waals surface area contributed by atoms with Crippen molar-refractivity contribution in [3.8, 4) is 0 Å². The van der Waals surface area contributed by atoms with Gasteiger partial charge in [-0.05, 0) is 0 Å². The Balaban J connectivity index is -0.0000000550. The van der Waals surface area contributed by atoms with Crippen LogP contribution >= 0.6 is 0 Å². The van der Waals surface area contributed by atoms with Crippen LogP contribution in [0.3, 0.4) is 0 Å². The Bertz CT molecular complexity index is 99.6. The maximum absolute atomic E-state index is 3.50. The van der Waals surface area contributed by atoms with Gasteiger partial charge in [0.1, 0.15) is 0 Å². The number of rotatable bonds is 0. The van der Waals surface area contributed by atoms with Gasteiger partial charge in [-0.25, -0.2) is 0 Å². The molecular formula is C11H23N3Ti. The third kappa shape index (κ3) is 79.7. The second-order valence-electron chi connectivity index (χ2n) is 2.30. The van der Waals surface area contributed by atoms with Gasteiger partial charge in [-0.2, -0.15) is 42.3 Å². The van der Waals surface area contributed by atoms with E-state index in [1.54, 1.807) is 42.3 Å². The summed E-state index contributed by atoms with van der Waals surface area (Å²) >= 11 is 0. The van der Waals surface area contributed by atoms with Gasteiger partial charge in [-0.15, -0.1) is 0 Å². The zero-order chi connectivity index (χ0) is 11.7. The molecule has 0 unspecified atom stereocenters. The second-order valence-corrected chi connectivity index (χ2v) is 2.30. The van der Waals surface area contributed by atoms with Crippen molar-refractivity contribution >= 4 is 0 Å². The third-order valence-electron chi connectivity index (χ3n) is 0.556. The molecule has 0 saturated carbocycles. The standard InChI is InChI=1S/C5H5.3C2H6N.Ti/c1-2-4-5-3-1;3*1-3-2;/h1-5H;3*1-2H3;/q;3*-1;+3. The van der Waals surface area contributed by atoms with E-state index in [9.17, 15) is 0 Å². The first-order valence-electron chi connectivity index (χ1n) is 4.35. The van der Waals surface area contributed by atoms with Crippen LogP contribution in [0.4, 0.5) is 0 Å². The topological polar surface area (TPSA) is 42.3 Å². The Hall–Kier alpha value is 0.0743. The molecule has 0 aromatic heterocycles. The summed E-state index contributed by atoms with van der Waals surface area (Å²) in [5.41, 5.74) is 0. The molecule has 2 radical (unpaired) electrons. The molecule has 15 heavy (non-hydrogen) atoms. The first-order chi connectivity index (χ1) is 6.74. The van der Waals surface area contributed by atoms with Crippen molar-refractivity contribution in [3.63, 3.8) is 0 Å². The molecule has 0 atom stereocenters. The largest absolute Gasteiger partial charge is 3.00 e. The van der Waals surface area contributed by atoms with Crippen LogP contribution in [0.25, 0.3) is 16.0 Å². The molecule has 0 heterocycles. The van der Waals surface area contributed by atoms with Gasteiger partial charge < -0.3 is 16.0 Å². The average molecular weight is 245 g/mol. The van der Waals surface area contributed by atoms with Crippen molar-refractivity contribution in [1.82, 2.24) is 0 Å². The number of allylic oxidation sites excluding steroid dienone is 4. The van der Waals surface area contributed by atoms with E-state index in [0.29, 0.717) is 0 Å². The minimum absolute atomic E-state index is 0. The summed E-state index contributed by atoms with van der Waals surface area (Å²) in [7, 11) is 10.5. The second kappa shape index (κ2) is 36.9. The first-order valence-corrected chi connectivity index (χ1v) is 4.35. The van der Waals surface area contributed by atoms with Crippen LogP contribution in [0.5, 0.6) is 0 Å². The SMILES string of the molecule is C[N-]C.C[N-]C.C[N-]C.[CH]1C=CC=C1.[Ti+3]. The fourth-order valence-corrected chi connectivity index (χ4v) is 0.321. The zero-order valence-electron chi connectivity index (χ0n) is 10.7. The van der Waals surface area contributed by atoms with E-state index < -0.39 is 0 Å². The molecule has 1 aliphatic carbocycles. The number of hydrogen-bond donors (Lipinski definition) is 0. The van der Waals surface area contributed by atoms with Gasteiger partial charge in [0, 0.05) is 6.42 Å². The third-order valence-corrected chi connectivity index (χ3v) is 0.556. The molecule has 0 bridgehead atoms. The van der Waals surface area contributed by atoms with Crippen molar-refractivity contribution in [2.45, 2.75) is 0 Å². The predicted octanol–water partition coefficient (Wildman–Crippen LogP) is 3.17. The molecule has 1 rings (SSSR count). The van der Waals surface area contributed by atoms with E-state index in [4.69, 9.17) is 0 Å². The molecule has 4 heteroatoms. The van der Waals surface area contributed by atoms with Crippen LogP contribution < -0.4 is 0 Å². The van der Waals surface area contributed by atoms with Gasteiger partial charge in [0.25, 0.3) is 0 Å². The summed E-state index contributed by atoms with van der Waals surface area (Å²) in [6.45, 7) is 0. The summed E-state index contributed by atoms with van der Waals surface area (Å²) in [4.78, 5) is 0. The van der Waals surface area contributed by atoms with E-state index in [1.165, 1.54) is 0 Å². The Morgan fingerprint density at radius 2 is 0.733 bits per heavy atom. The van der Waals surface area contributed by atoms with E-state index in [0.717, 1.165) is 0 Å². The van der Waals surface area contributed by atoms with Gasteiger partial charge >= 0.3 is 21.7 Å². The number of hydrogen-bond acceptors (Lipinski definition) is 0. The van der Waals surface area contributed by atoms with Crippen LogP contribution in [0, 0.1) is 6.42 Å². The zero-order valence-corrected chi connectivity index (χ0v) is 12.3. The Morgan fingerprint density at radius 1 is 0.533 bits per heavy atom. The van der Waals surface area contributed by atoms with Gasteiger partial charge in [0.05, 0.1) is 0 Å².